The summed E-state index contributed by atoms with van der Waals surface area (Å²) in [5, 5.41) is 2.24. The normalized spacial score (nSPS) is 15.6. The molecule has 4 heteroatoms. The van der Waals surface area contributed by atoms with Crippen molar-refractivity contribution < 1.29 is 14.5 Å². The van der Waals surface area contributed by atoms with E-state index in [1.807, 2.05) is 19.9 Å². The van der Waals surface area contributed by atoms with Crippen LogP contribution in [0.25, 0.3) is 0 Å². The first-order valence-corrected chi connectivity index (χ1v) is 7.03. The summed E-state index contributed by atoms with van der Waals surface area (Å²) in [6, 6.07) is 3.24. The Kier molecular flexibility index (Phi) is 4.53. The number of benzene rings is 1. The molecule has 0 atom stereocenters. The third-order valence-electron chi connectivity index (χ3n) is 3.62. The lowest BCUT2D eigenvalue weighted by Gasteiger charge is -2.28. The van der Waals surface area contributed by atoms with Crippen LogP contribution in [0.5, 0.6) is 0 Å². The van der Waals surface area contributed by atoms with Crippen molar-refractivity contribution in [3.8, 4) is 0 Å². The molecule has 2 N–H and O–H groups in total. The predicted octanol–water partition coefficient (Wildman–Crippen LogP) is 1.50. The van der Waals surface area contributed by atoms with Gasteiger partial charge in [-0.1, -0.05) is 6.92 Å². The Morgan fingerprint density at radius 1 is 1.37 bits per heavy atom. The van der Waals surface area contributed by atoms with Crippen LogP contribution in [0.2, 0.25) is 0 Å². The van der Waals surface area contributed by atoms with Crippen molar-refractivity contribution in [2.45, 2.75) is 26.7 Å². The molecule has 0 amide bonds. The molecule has 1 aliphatic heterocycles. The second-order valence-corrected chi connectivity index (χ2v) is 5.14. The number of aryl methyl sites for hydroxylation is 1. The Labute approximate surface area is 113 Å². The number of piperazine rings is 1. The van der Waals surface area contributed by atoms with Crippen molar-refractivity contribution in [3.63, 3.8) is 0 Å². The second kappa shape index (κ2) is 6.15. The minimum absolute atomic E-state index is 0.0393. The number of carbonyl (C=O) groups excluding carboxylic acids is 1. The Balaban J connectivity index is 2.28. The fourth-order valence-corrected chi connectivity index (χ4v) is 2.56. The van der Waals surface area contributed by atoms with Crippen molar-refractivity contribution in [1.82, 2.24) is 0 Å². The topological polar surface area (TPSA) is 36.9 Å². The molecule has 19 heavy (non-hydrogen) atoms. The molecule has 0 spiro atoms. The molecule has 2 rings (SSSR count). The Bertz CT molecular complexity index is 467. The summed E-state index contributed by atoms with van der Waals surface area (Å²) < 4.78 is 14.2. The van der Waals surface area contributed by atoms with Crippen LogP contribution < -0.4 is 10.2 Å². The van der Waals surface area contributed by atoms with Crippen molar-refractivity contribution in [1.29, 1.82) is 0 Å². The van der Waals surface area contributed by atoms with E-state index in [1.165, 1.54) is 6.07 Å². The van der Waals surface area contributed by atoms with Crippen LogP contribution >= 0.6 is 0 Å². The summed E-state index contributed by atoms with van der Waals surface area (Å²) in [5.74, 6) is -0.232. The molecule has 3 nitrogen and oxygen atoms in total. The first-order chi connectivity index (χ1) is 9.13. The van der Waals surface area contributed by atoms with E-state index in [4.69, 9.17) is 0 Å². The van der Waals surface area contributed by atoms with E-state index >= 15 is 0 Å². The lowest BCUT2D eigenvalue weighted by atomic mass is 10.00. The van der Waals surface area contributed by atoms with E-state index in [9.17, 15) is 9.18 Å². The molecule has 1 heterocycles. The molecule has 1 aromatic rings. The van der Waals surface area contributed by atoms with E-state index in [2.05, 4.69) is 10.2 Å². The SMILES string of the molecule is CCCC(=O)c1cc(F)c(N2CC[NH2+]CC2)cc1C. The van der Waals surface area contributed by atoms with Gasteiger partial charge < -0.3 is 10.2 Å². The summed E-state index contributed by atoms with van der Waals surface area (Å²) >= 11 is 0. The van der Waals surface area contributed by atoms with Gasteiger partial charge in [-0.05, 0) is 31.0 Å². The number of quaternary nitrogens is 1. The minimum Gasteiger partial charge on any atom is -0.358 e. The highest BCUT2D eigenvalue weighted by Crippen LogP contribution is 2.24. The molecule has 104 valence electrons. The van der Waals surface area contributed by atoms with Crippen molar-refractivity contribution in [2.75, 3.05) is 31.1 Å². The molecule has 0 bridgehead atoms. The van der Waals surface area contributed by atoms with Crippen molar-refractivity contribution >= 4 is 11.5 Å². The first-order valence-electron chi connectivity index (χ1n) is 7.03. The summed E-state index contributed by atoms with van der Waals surface area (Å²) in [6.07, 6.45) is 1.28. The number of Topliss-reactive ketones (excluding diaryl/α,β-unsaturated/α-hetero) is 1. The van der Waals surface area contributed by atoms with Gasteiger partial charge in [0.05, 0.1) is 31.9 Å². The summed E-state index contributed by atoms with van der Waals surface area (Å²) in [6.45, 7) is 7.56. The monoisotopic (exact) mass is 265 g/mol. The number of rotatable bonds is 4. The highest BCUT2D eigenvalue weighted by atomic mass is 19.1. The van der Waals surface area contributed by atoms with Gasteiger partial charge in [-0.2, -0.15) is 0 Å². The third kappa shape index (κ3) is 3.13. The molecule has 1 aliphatic rings. The zero-order valence-corrected chi connectivity index (χ0v) is 11.7. The smallest absolute Gasteiger partial charge is 0.163 e. The number of nitrogens with zero attached hydrogens (tertiary/aromatic N) is 1. The number of hydrogen-bond acceptors (Lipinski definition) is 2. The highest BCUT2D eigenvalue weighted by Gasteiger charge is 2.19. The largest absolute Gasteiger partial charge is 0.358 e. The number of anilines is 1. The molecule has 1 fully saturated rings. The molecule has 0 unspecified atom stereocenters. The summed E-state index contributed by atoms with van der Waals surface area (Å²) in [7, 11) is 0. The van der Waals surface area contributed by atoms with Crippen molar-refractivity contribution in [3.05, 3.63) is 29.1 Å². The number of carbonyl (C=O) groups is 1. The summed E-state index contributed by atoms with van der Waals surface area (Å²) in [5.41, 5.74) is 2.05. The molecule has 0 radical (unpaired) electrons. The fourth-order valence-electron chi connectivity index (χ4n) is 2.56. The van der Waals surface area contributed by atoms with Crippen LogP contribution in [0.4, 0.5) is 10.1 Å². The van der Waals surface area contributed by atoms with Crippen LogP contribution in [-0.2, 0) is 0 Å². The molecule has 1 aromatic carbocycles. The maximum absolute atomic E-state index is 14.2. The number of halogens is 1. The molecular weight excluding hydrogens is 243 g/mol. The van der Waals surface area contributed by atoms with E-state index in [1.54, 1.807) is 0 Å². The predicted molar refractivity (Wildman–Crippen MR) is 74.2 cm³/mol. The van der Waals surface area contributed by atoms with Gasteiger partial charge in [-0.25, -0.2) is 4.39 Å². The van der Waals surface area contributed by atoms with Crippen molar-refractivity contribution in [2.24, 2.45) is 0 Å². The van der Waals surface area contributed by atoms with E-state index in [-0.39, 0.29) is 11.6 Å². The average molecular weight is 265 g/mol. The standard InChI is InChI=1S/C15H21FN2O/c1-3-4-15(19)12-10-13(16)14(9-11(12)2)18-7-5-17-6-8-18/h9-10,17H,3-8H2,1-2H3/p+1. The fraction of sp³-hybridized carbons (Fsp3) is 0.533. The maximum atomic E-state index is 14.2. The van der Waals surface area contributed by atoms with Crippen LogP contribution in [0.1, 0.15) is 35.7 Å². The highest BCUT2D eigenvalue weighted by molar-refractivity contribution is 5.97. The number of hydrogen-bond donors (Lipinski definition) is 1. The Morgan fingerprint density at radius 2 is 2.05 bits per heavy atom. The average Bonchev–Trinajstić information content (AvgIpc) is 2.42. The Hall–Kier alpha value is -1.42. The van der Waals surface area contributed by atoms with Gasteiger partial charge in [0.1, 0.15) is 5.82 Å². The zero-order chi connectivity index (χ0) is 13.8. The molecule has 0 aromatic heterocycles. The van der Waals surface area contributed by atoms with Gasteiger partial charge in [-0.3, -0.25) is 4.79 Å². The van der Waals surface area contributed by atoms with Gasteiger partial charge in [0.25, 0.3) is 0 Å². The van der Waals surface area contributed by atoms with E-state index in [0.29, 0.717) is 17.7 Å². The molecular formula is C15H22FN2O+. The number of nitrogens with two attached hydrogens (primary N) is 1. The lowest BCUT2D eigenvalue weighted by molar-refractivity contribution is -0.655. The van der Waals surface area contributed by atoms with Gasteiger partial charge in [0, 0.05) is 12.0 Å². The van der Waals surface area contributed by atoms with E-state index < -0.39 is 0 Å². The molecule has 1 saturated heterocycles. The van der Waals surface area contributed by atoms with Crippen LogP contribution in [-0.4, -0.2) is 32.0 Å². The van der Waals surface area contributed by atoms with Gasteiger partial charge in [0.2, 0.25) is 0 Å². The second-order valence-electron chi connectivity index (χ2n) is 5.14. The summed E-state index contributed by atoms with van der Waals surface area (Å²) in [4.78, 5) is 14.0. The Morgan fingerprint density at radius 3 is 2.68 bits per heavy atom. The molecule has 0 aliphatic carbocycles. The zero-order valence-electron chi connectivity index (χ0n) is 11.7. The third-order valence-corrected chi connectivity index (χ3v) is 3.62. The lowest BCUT2D eigenvalue weighted by Crippen LogP contribution is -2.89. The van der Waals surface area contributed by atoms with Gasteiger partial charge >= 0.3 is 0 Å². The first kappa shape index (κ1) is 14.0. The molecule has 0 saturated carbocycles. The van der Waals surface area contributed by atoms with Crippen LogP contribution in [0, 0.1) is 12.7 Å². The quantitative estimate of drug-likeness (QED) is 0.838. The van der Waals surface area contributed by atoms with Gasteiger partial charge in [-0.15, -0.1) is 0 Å². The van der Waals surface area contributed by atoms with Crippen LogP contribution in [0.3, 0.4) is 0 Å². The maximum Gasteiger partial charge on any atom is 0.163 e. The number of ketones is 1. The minimum atomic E-state index is -0.271. The van der Waals surface area contributed by atoms with Gasteiger partial charge in [0.15, 0.2) is 5.78 Å². The van der Waals surface area contributed by atoms with Crippen LogP contribution in [0.15, 0.2) is 12.1 Å². The van der Waals surface area contributed by atoms with E-state index in [0.717, 1.165) is 38.2 Å².